The van der Waals surface area contributed by atoms with Gasteiger partial charge in [-0.05, 0) is 37.5 Å². The van der Waals surface area contributed by atoms with Crippen molar-refractivity contribution in [3.8, 4) is 0 Å². The molecule has 0 aromatic heterocycles. The Morgan fingerprint density at radius 3 is 2.50 bits per heavy atom. The quantitative estimate of drug-likeness (QED) is 0.846. The van der Waals surface area contributed by atoms with Gasteiger partial charge in [-0.15, -0.1) is 0 Å². The van der Waals surface area contributed by atoms with Crippen molar-refractivity contribution in [3.63, 3.8) is 0 Å². The minimum absolute atomic E-state index is 0.339. The van der Waals surface area contributed by atoms with E-state index in [0.717, 1.165) is 5.56 Å². The highest BCUT2D eigenvalue weighted by molar-refractivity contribution is 6.42. The van der Waals surface area contributed by atoms with Crippen molar-refractivity contribution < 1.29 is 14.6 Å². The SMILES string of the molecule is COC(=O)C(CCC(C)O)c1ccc(Cl)c(Cl)c1. The summed E-state index contributed by atoms with van der Waals surface area (Å²) in [4.78, 5) is 11.7. The van der Waals surface area contributed by atoms with E-state index in [1.165, 1.54) is 7.11 Å². The summed E-state index contributed by atoms with van der Waals surface area (Å²) in [5.74, 6) is -0.770. The zero-order valence-electron chi connectivity index (χ0n) is 10.3. The van der Waals surface area contributed by atoms with Crippen LogP contribution in [0.15, 0.2) is 18.2 Å². The normalized spacial score (nSPS) is 14.1. The highest BCUT2D eigenvalue weighted by Gasteiger charge is 2.22. The molecule has 0 aliphatic carbocycles. The van der Waals surface area contributed by atoms with E-state index in [0.29, 0.717) is 22.9 Å². The van der Waals surface area contributed by atoms with E-state index in [4.69, 9.17) is 27.9 Å². The first-order valence-electron chi connectivity index (χ1n) is 5.66. The maximum absolute atomic E-state index is 11.7. The van der Waals surface area contributed by atoms with Crippen LogP contribution in [-0.4, -0.2) is 24.3 Å². The first-order valence-corrected chi connectivity index (χ1v) is 6.42. The number of carbonyl (C=O) groups is 1. The van der Waals surface area contributed by atoms with Crippen molar-refractivity contribution in [1.29, 1.82) is 0 Å². The number of hydrogen-bond donors (Lipinski definition) is 1. The fourth-order valence-electron chi connectivity index (χ4n) is 1.70. The summed E-state index contributed by atoms with van der Waals surface area (Å²) in [6.45, 7) is 1.68. The standard InChI is InChI=1S/C13H16Cl2O3/c1-8(16)3-5-10(13(17)18-2)9-4-6-11(14)12(15)7-9/h4,6-8,10,16H,3,5H2,1-2H3. The van der Waals surface area contributed by atoms with Crippen LogP contribution >= 0.6 is 23.2 Å². The van der Waals surface area contributed by atoms with Gasteiger partial charge >= 0.3 is 5.97 Å². The number of aliphatic hydroxyl groups excluding tert-OH is 1. The molecular weight excluding hydrogens is 275 g/mol. The average molecular weight is 291 g/mol. The average Bonchev–Trinajstić information content (AvgIpc) is 2.33. The van der Waals surface area contributed by atoms with E-state index in [1.54, 1.807) is 25.1 Å². The van der Waals surface area contributed by atoms with Gasteiger partial charge in [0.05, 0.1) is 29.2 Å². The summed E-state index contributed by atoms with van der Waals surface area (Å²) < 4.78 is 4.77. The summed E-state index contributed by atoms with van der Waals surface area (Å²) in [7, 11) is 1.34. The lowest BCUT2D eigenvalue weighted by atomic mass is 9.93. The molecule has 0 aliphatic rings. The number of methoxy groups -OCH3 is 1. The first-order chi connectivity index (χ1) is 8.45. The molecular formula is C13H16Cl2O3. The molecule has 0 radical (unpaired) electrons. The number of rotatable bonds is 5. The van der Waals surface area contributed by atoms with Crippen LogP contribution in [0, 0.1) is 0 Å². The molecule has 0 heterocycles. The Balaban J connectivity index is 2.94. The lowest BCUT2D eigenvalue weighted by molar-refractivity contribution is -0.142. The van der Waals surface area contributed by atoms with Gasteiger partial charge in [0.2, 0.25) is 0 Å². The van der Waals surface area contributed by atoms with Crippen LogP contribution in [0.2, 0.25) is 10.0 Å². The molecule has 3 nitrogen and oxygen atoms in total. The van der Waals surface area contributed by atoms with Gasteiger partial charge in [-0.2, -0.15) is 0 Å². The number of benzene rings is 1. The molecule has 0 spiro atoms. The first kappa shape index (κ1) is 15.3. The Hall–Kier alpha value is -0.770. The molecule has 2 unspecified atom stereocenters. The molecule has 1 rings (SSSR count). The Bertz CT molecular complexity index is 419. The second kappa shape index (κ2) is 6.98. The molecule has 5 heteroatoms. The van der Waals surface area contributed by atoms with E-state index in [1.807, 2.05) is 0 Å². The van der Waals surface area contributed by atoms with Crippen molar-refractivity contribution in [3.05, 3.63) is 33.8 Å². The van der Waals surface area contributed by atoms with Crippen molar-refractivity contribution in [2.75, 3.05) is 7.11 Å². The monoisotopic (exact) mass is 290 g/mol. The molecule has 1 N–H and O–H groups in total. The fraction of sp³-hybridized carbons (Fsp3) is 0.462. The molecule has 2 atom stereocenters. The summed E-state index contributed by atoms with van der Waals surface area (Å²) >= 11 is 11.8. The number of hydrogen-bond acceptors (Lipinski definition) is 3. The molecule has 0 saturated heterocycles. The van der Waals surface area contributed by atoms with E-state index in [2.05, 4.69) is 0 Å². The zero-order chi connectivity index (χ0) is 13.7. The minimum Gasteiger partial charge on any atom is -0.469 e. The topological polar surface area (TPSA) is 46.5 Å². The van der Waals surface area contributed by atoms with Gasteiger partial charge in [0, 0.05) is 0 Å². The maximum Gasteiger partial charge on any atom is 0.313 e. The van der Waals surface area contributed by atoms with Crippen molar-refractivity contribution in [2.45, 2.75) is 31.8 Å². The third-order valence-electron chi connectivity index (χ3n) is 2.70. The van der Waals surface area contributed by atoms with Crippen LogP contribution < -0.4 is 0 Å². The molecule has 18 heavy (non-hydrogen) atoms. The predicted molar refractivity (Wildman–Crippen MR) is 72.1 cm³/mol. The molecule has 0 aliphatic heterocycles. The van der Waals surface area contributed by atoms with Crippen LogP contribution in [0.5, 0.6) is 0 Å². The zero-order valence-corrected chi connectivity index (χ0v) is 11.8. The van der Waals surface area contributed by atoms with E-state index in [-0.39, 0.29) is 5.97 Å². The van der Waals surface area contributed by atoms with Crippen molar-refractivity contribution >= 4 is 29.2 Å². The molecule has 0 amide bonds. The lowest BCUT2D eigenvalue weighted by Crippen LogP contribution is -2.16. The van der Waals surface area contributed by atoms with Crippen LogP contribution in [0.4, 0.5) is 0 Å². The van der Waals surface area contributed by atoms with Gasteiger partial charge in [0.25, 0.3) is 0 Å². The van der Waals surface area contributed by atoms with E-state index >= 15 is 0 Å². The van der Waals surface area contributed by atoms with Crippen LogP contribution in [0.25, 0.3) is 0 Å². The second-order valence-corrected chi connectivity index (χ2v) is 4.99. The van der Waals surface area contributed by atoms with E-state index < -0.39 is 12.0 Å². The predicted octanol–water partition coefficient (Wildman–Crippen LogP) is 3.41. The number of halogens is 2. The number of aliphatic hydroxyl groups is 1. The summed E-state index contributed by atoms with van der Waals surface area (Å²) in [5.41, 5.74) is 0.747. The van der Waals surface area contributed by atoms with E-state index in [9.17, 15) is 9.90 Å². The lowest BCUT2D eigenvalue weighted by Gasteiger charge is -2.16. The third-order valence-corrected chi connectivity index (χ3v) is 3.44. The smallest absolute Gasteiger partial charge is 0.313 e. The summed E-state index contributed by atoms with van der Waals surface area (Å²) in [5, 5.41) is 10.1. The van der Waals surface area contributed by atoms with Gasteiger partial charge in [-0.3, -0.25) is 4.79 Å². The molecule has 1 aromatic carbocycles. The Labute approximate surface area is 117 Å². The second-order valence-electron chi connectivity index (χ2n) is 4.18. The van der Waals surface area contributed by atoms with Gasteiger partial charge in [-0.25, -0.2) is 0 Å². The molecule has 100 valence electrons. The number of carbonyl (C=O) groups excluding carboxylic acids is 1. The maximum atomic E-state index is 11.7. The number of esters is 1. The number of ether oxygens (including phenoxy) is 1. The fourth-order valence-corrected chi connectivity index (χ4v) is 2.01. The minimum atomic E-state index is -0.458. The Kier molecular flexibility index (Phi) is 5.93. The third kappa shape index (κ3) is 4.16. The molecule has 0 bridgehead atoms. The van der Waals surface area contributed by atoms with Gasteiger partial charge in [-0.1, -0.05) is 29.3 Å². The van der Waals surface area contributed by atoms with Crippen LogP contribution in [-0.2, 0) is 9.53 Å². The Morgan fingerprint density at radius 1 is 1.33 bits per heavy atom. The molecule has 1 aromatic rings. The highest BCUT2D eigenvalue weighted by atomic mass is 35.5. The van der Waals surface area contributed by atoms with Crippen molar-refractivity contribution in [2.24, 2.45) is 0 Å². The van der Waals surface area contributed by atoms with Gasteiger partial charge in [0.15, 0.2) is 0 Å². The van der Waals surface area contributed by atoms with Crippen LogP contribution in [0.3, 0.4) is 0 Å². The van der Waals surface area contributed by atoms with Crippen LogP contribution in [0.1, 0.15) is 31.2 Å². The molecule has 0 saturated carbocycles. The Morgan fingerprint density at radius 2 is 2.00 bits per heavy atom. The summed E-state index contributed by atoms with van der Waals surface area (Å²) in [6.07, 6.45) is 0.558. The largest absolute Gasteiger partial charge is 0.469 e. The van der Waals surface area contributed by atoms with Gasteiger partial charge in [0.1, 0.15) is 0 Å². The summed E-state index contributed by atoms with van der Waals surface area (Å²) in [6, 6.07) is 5.06. The molecule has 0 fully saturated rings. The van der Waals surface area contributed by atoms with Gasteiger partial charge < -0.3 is 9.84 Å². The van der Waals surface area contributed by atoms with Crippen molar-refractivity contribution in [1.82, 2.24) is 0 Å². The highest BCUT2D eigenvalue weighted by Crippen LogP contribution is 2.29.